The number of aryl methyl sites for hydroxylation is 2. The molecule has 1 heterocycles. The largest absolute Gasteiger partial charge is 0.512 e. The first-order chi connectivity index (χ1) is 19.6. The SMILES string of the molecule is CC(C)(C)C(=O)/C=C(\O)C(C)(C)C.Cc1nc(-c2[c-]cc(C(C)C)cc2)c2ccc3cc4ccccc4c(C)c3c2n1.[Ir]. The Kier molecular flexibility index (Phi) is 10.4. The standard InChI is InChI=1S/C27H23N2.C11H20O2.Ir/c1-16(2)19-9-11-20(12-10-19)26-24-14-13-22-15-21-7-5-6-8-23(21)17(3)25(22)27(24)29-18(4)28-26;1-10(2,3)8(12)7-9(13)11(4,5)6;/h5-11,13-16H,1-4H3;7,12H,1-6H3;/q-1;;/b;8-7-;. The molecule has 5 rings (SSSR count). The monoisotopic (exact) mass is 752 g/mol. The molecule has 4 aromatic carbocycles. The maximum Gasteiger partial charge on any atom is 0.164 e. The van der Waals surface area contributed by atoms with E-state index in [4.69, 9.17) is 9.97 Å². The molecule has 227 valence electrons. The quantitative estimate of drug-likeness (QED) is 0.0656. The summed E-state index contributed by atoms with van der Waals surface area (Å²) in [6, 6.07) is 25.0. The Bertz CT molecular complexity index is 1810. The van der Waals surface area contributed by atoms with Crippen molar-refractivity contribution < 1.29 is 30.0 Å². The first-order valence-electron chi connectivity index (χ1n) is 14.6. The Morgan fingerprint density at radius 3 is 2.12 bits per heavy atom. The summed E-state index contributed by atoms with van der Waals surface area (Å²) in [6.07, 6.45) is 1.33. The van der Waals surface area contributed by atoms with Gasteiger partial charge in [0.25, 0.3) is 0 Å². The molecule has 1 N–H and O–H groups in total. The van der Waals surface area contributed by atoms with Crippen molar-refractivity contribution in [2.75, 3.05) is 0 Å². The smallest absolute Gasteiger partial charge is 0.164 e. The minimum atomic E-state index is -0.417. The summed E-state index contributed by atoms with van der Waals surface area (Å²) in [5.41, 5.74) is 4.79. The third kappa shape index (κ3) is 7.58. The molecule has 0 unspecified atom stereocenters. The van der Waals surface area contributed by atoms with E-state index in [0.717, 1.165) is 28.0 Å². The van der Waals surface area contributed by atoms with Gasteiger partial charge < -0.3 is 5.11 Å². The fourth-order valence-electron chi connectivity index (χ4n) is 4.81. The number of hydrogen-bond donors (Lipinski definition) is 1. The second-order valence-corrected chi connectivity index (χ2v) is 13.5. The Labute approximate surface area is 270 Å². The first-order valence-corrected chi connectivity index (χ1v) is 14.6. The molecule has 5 aromatic rings. The fourth-order valence-corrected chi connectivity index (χ4v) is 4.81. The van der Waals surface area contributed by atoms with Crippen LogP contribution < -0.4 is 0 Å². The number of hydrogen-bond acceptors (Lipinski definition) is 4. The molecular formula is C38H43IrN2O2-. The molecule has 0 fully saturated rings. The fraction of sp³-hybridized carbons (Fsp3) is 0.342. The molecule has 1 radical (unpaired) electrons. The predicted molar refractivity (Wildman–Crippen MR) is 177 cm³/mol. The van der Waals surface area contributed by atoms with Crippen molar-refractivity contribution in [3.63, 3.8) is 0 Å². The van der Waals surface area contributed by atoms with Crippen LogP contribution in [0.15, 0.2) is 72.5 Å². The summed E-state index contributed by atoms with van der Waals surface area (Å²) in [5.74, 6) is 1.38. The van der Waals surface area contributed by atoms with E-state index in [1.54, 1.807) is 0 Å². The van der Waals surface area contributed by atoms with Gasteiger partial charge in [0.05, 0.1) is 5.52 Å². The van der Waals surface area contributed by atoms with Crippen molar-refractivity contribution in [2.45, 2.75) is 75.2 Å². The van der Waals surface area contributed by atoms with E-state index in [2.05, 4.69) is 87.5 Å². The summed E-state index contributed by atoms with van der Waals surface area (Å²) in [4.78, 5) is 21.2. The number of benzene rings is 4. The number of aliphatic hydroxyl groups is 1. The molecule has 43 heavy (non-hydrogen) atoms. The summed E-state index contributed by atoms with van der Waals surface area (Å²) < 4.78 is 0. The Morgan fingerprint density at radius 2 is 1.53 bits per heavy atom. The van der Waals surface area contributed by atoms with Crippen LogP contribution in [0.4, 0.5) is 0 Å². The second kappa shape index (κ2) is 13.1. The van der Waals surface area contributed by atoms with Crippen LogP contribution in [-0.2, 0) is 24.9 Å². The molecule has 1 aromatic heterocycles. The molecule has 0 atom stereocenters. The topological polar surface area (TPSA) is 63.1 Å². The van der Waals surface area contributed by atoms with Gasteiger partial charge in [-0.25, -0.2) is 4.98 Å². The van der Waals surface area contributed by atoms with Gasteiger partial charge in [-0.05, 0) is 52.7 Å². The zero-order valence-electron chi connectivity index (χ0n) is 27.0. The molecule has 4 nitrogen and oxygen atoms in total. The molecule has 0 saturated carbocycles. The number of allylic oxidation sites excluding steroid dienone is 2. The molecule has 0 amide bonds. The molecule has 0 aliphatic carbocycles. The van der Waals surface area contributed by atoms with Crippen LogP contribution in [0.25, 0.3) is 43.7 Å². The minimum Gasteiger partial charge on any atom is -0.512 e. The van der Waals surface area contributed by atoms with Gasteiger partial charge >= 0.3 is 0 Å². The zero-order chi connectivity index (χ0) is 31.0. The Hall–Kier alpha value is -3.40. The number of nitrogens with zero attached hydrogens (tertiary/aromatic N) is 2. The second-order valence-electron chi connectivity index (χ2n) is 13.5. The van der Waals surface area contributed by atoms with Gasteiger partial charge in [-0.3, -0.25) is 9.78 Å². The molecule has 0 saturated heterocycles. The van der Waals surface area contributed by atoms with E-state index in [0.29, 0.717) is 5.92 Å². The van der Waals surface area contributed by atoms with Crippen LogP contribution in [0, 0.1) is 30.7 Å². The average Bonchev–Trinajstić information content (AvgIpc) is 2.91. The average molecular weight is 752 g/mol. The van der Waals surface area contributed by atoms with Gasteiger partial charge in [-0.2, -0.15) is 0 Å². The van der Waals surface area contributed by atoms with Gasteiger partial charge in [0.15, 0.2) is 5.78 Å². The summed E-state index contributed by atoms with van der Waals surface area (Å²) >= 11 is 0. The van der Waals surface area contributed by atoms with Gasteiger partial charge in [0.1, 0.15) is 11.6 Å². The van der Waals surface area contributed by atoms with E-state index >= 15 is 0 Å². The van der Waals surface area contributed by atoms with Crippen LogP contribution >= 0.6 is 0 Å². The minimum absolute atomic E-state index is 0. The summed E-state index contributed by atoms with van der Waals surface area (Å²) in [5, 5.41) is 15.6. The number of aromatic nitrogens is 2. The van der Waals surface area contributed by atoms with Crippen molar-refractivity contribution in [1.29, 1.82) is 0 Å². The number of ketones is 1. The van der Waals surface area contributed by atoms with Crippen molar-refractivity contribution in [3.8, 4) is 11.3 Å². The van der Waals surface area contributed by atoms with Gasteiger partial charge in [-0.1, -0.05) is 97.7 Å². The molecular weight excluding hydrogens is 709 g/mol. The molecule has 0 bridgehead atoms. The zero-order valence-corrected chi connectivity index (χ0v) is 29.4. The van der Waals surface area contributed by atoms with Crippen LogP contribution in [0.1, 0.15) is 78.3 Å². The molecule has 0 aliphatic rings. The first kappa shape index (κ1) is 34.1. The van der Waals surface area contributed by atoms with E-state index in [1.807, 2.05) is 48.5 Å². The van der Waals surface area contributed by atoms with Crippen molar-refractivity contribution in [3.05, 3.63) is 95.5 Å². The maximum atomic E-state index is 11.5. The Balaban J connectivity index is 0.000000310. The van der Waals surface area contributed by atoms with Crippen LogP contribution in [0.5, 0.6) is 0 Å². The van der Waals surface area contributed by atoms with Crippen molar-refractivity contribution in [2.24, 2.45) is 10.8 Å². The van der Waals surface area contributed by atoms with E-state index in [-0.39, 0.29) is 37.1 Å². The van der Waals surface area contributed by atoms with Crippen molar-refractivity contribution >= 4 is 38.2 Å². The molecule has 5 heteroatoms. The third-order valence-corrected chi connectivity index (χ3v) is 7.60. The summed E-state index contributed by atoms with van der Waals surface area (Å²) in [7, 11) is 0. The number of carbonyl (C=O) groups is 1. The normalized spacial score (nSPS) is 12.3. The number of fused-ring (bicyclic) bond motifs is 4. The number of aliphatic hydroxyl groups excluding tert-OH is 1. The van der Waals surface area contributed by atoms with Crippen LogP contribution in [0.2, 0.25) is 0 Å². The molecule has 0 aliphatic heterocycles. The van der Waals surface area contributed by atoms with Crippen LogP contribution in [-0.4, -0.2) is 20.9 Å². The number of rotatable bonds is 3. The predicted octanol–water partition coefficient (Wildman–Crippen LogP) is 10.2. The summed E-state index contributed by atoms with van der Waals surface area (Å²) in [6.45, 7) is 19.7. The van der Waals surface area contributed by atoms with Gasteiger partial charge in [0.2, 0.25) is 0 Å². The Morgan fingerprint density at radius 1 is 0.860 bits per heavy atom. The maximum absolute atomic E-state index is 11.5. The van der Waals surface area contributed by atoms with Crippen molar-refractivity contribution in [1.82, 2.24) is 9.97 Å². The van der Waals surface area contributed by atoms with Gasteiger partial charge in [0, 0.05) is 42.4 Å². The van der Waals surface area contributed by atoms with E-state index < -0.39 is 5.41 Å². The van der Waals surface area contributed by atoms with E-state index in [9.17, 15) is 9.90 Å². The van der Waals surface area contributed by atoms with E-state index in [1.165, 1.54) is 38.7 Å². The van der Waals surface area contributed by atoms with Gasteiger partial charge in [-0.15, -0.1) is 35.4 Å². The molecule has 0 spiro atoms. The van der Waals surface area contributed by atoms with Crippen LogP contribution in [0.3, 0.4) is 0 Å². The third-order valence-electron chi connectivity index (χ3n) is 7.60. The number of carbonyl (C=O) groups excluding carboxylic acids is 1.